The summed E-state index contributed by atoms with van der Waals surface area (Å²) in [6.07, 6.45) is 1.67. The molecule has 4 aromatic rings. The van der Waals surface area contributed by atoms with Crippen LogP contribution in [0, 0.1) is 0 Å². The van der Waals surface area contributed by atoms with Gasteiger partial charge in [0.1, 0.15) is 0 Å². The number of imide groups is 1. The number of fused-ring (bicyclic) bond motifs is 2. The third-order valence-electron chi connectivity index (χ3n) is 5.13. The second-order valence-electron chi connectivity index (χ2n) is 6.99. The lowest BCUT2D eigenvalue weighted by Crippen LogP contribution is -2.29. The van der Waals surface area contributed by atoms with Crippen molar-refractivity contribution in [3.8, 4) is 0 Å². The minimum atomic E-state index is -0.428. The first-order valence-electron chi connectivity index (χ1n) is 9.47. The van der Waals surface area contributed by atoms with Crippen LogP contribution in [0.15, 0.2) is 79.0 Å². The number of nitrogens with one attached hydrogen (secondary N) is 1. The molecule has 0 atom stereocenters. The minimum absolute atomic E-state index is 0.173. The van der Waals surface area contributed by atoms with Gasteiger partial charge in [0.2, 0.25) is 0 Å². The standard InChI is InChI=1S/C24H14ClN3O3/c25-19-13-14(27-22(29)16-7-3-9-20-15(16)8-4-12-26-20)10-11-21(19)28-23(30)17-5-1-2-6-18(17)24(28)31/h1-13H,(H,27,29). The largest absolute Gasteiger partial charge is 0.322 e. The van der Waals surface area contributed by atoms with Gasteiger partial charge < -0.3 is 5.32 Å². The van der Waals surface area contributed by atoms with Crippen molar-refractivity contribution in [3.63, 3.8) is 0 Å². The average Bonchev–Trinajstić information content (AvgIpc) is 3.04. The predicted molar refractivity (Wildman–Crippen MR) is 119 cm³/mol. The SMILES string of the molecule is O=C(Nc1ccc(N2C(=O)c3ccccc3C2=O)c(Cl)c1)c1cccc2ncccc12. The third-order valence-corrected chi connectivity index (χ3v) is 5.43. The number of carbonyl (C=O) groups is 3. The Morgan fingerprint density at radius 1 is 0.871 bits per heavy atom. The van der Waals surface area contributed by atoms with Crippen LogP contribution in [0.3, 0.4) is 0 Å². The summed E-state index contributed by atoms with van der Waals surface area (Å²) in [7, 11) is 0. The molecule has 0 fully saturated rings. The Balaban J connectivity index is 1.44. The van der Waals surface area contributed by atoms with Gasteiger partial charge in [0.05, 0.1) is 27.4 Å². The van der Waals surface area contributed by atoms with E-state index in [2.05, 4.69) is 10.3 Å². The molecule has 3 amide bonds. The van der Waals surface area contributed by atoms with Crippen molar-refractivity contribution in [1.29, 1.82) is 0 Å². The topological polar surface area (TPSA) is 79.4 Å². The fourth-order valence-corrected chi connectivity index (χ4v) is 3.94. The second kappa shape index (κ2) is 7.34. The Morgan fingerprint density at radius 2 is 1.61 bits per heavy atom. The van der Waals surface area contributed by atoms with E-state index >= 15 is 0 Å². The number of halogens is 1. The van der Waals surface area contributed by atoms with Gasteiger partial charge in [0, 0.05) is 22.8 Å². The first-order chi connectivity index (χ1) is 15.0. The summed E-state index contributed by atoms with van der Waals surface area (Å²) in [6, 6.07) is 20.2. The molecule has 0 unspecified atom stereocenters. The highest BCUT2D eigenvalue weighted by molar-refractivity contribution is 6.40. The van der Waals surface area contributed by atoms with Crippen LogP contribution in [-0.4, -0.2) is 22.7 Å². The van der Waals surface area contributed by atoms with Gasteiger partial charge in [-0.25, -0.2) is 4.90 Å². The lowest BCUT2D eigenvalue weighted by Gasteiger charge is -2.16. The molecule has 5 rings (SSSR count). The zero-order chi connectivity index (χ0) is 21.5. The number of nitrogens with zero attached hydrogens (tertiary/aromatic N) is 2. The maximum atomic E-state index is 12.8. The molecule has 0 spiro atoms. The fourth-order valence-electron chi connectivity index (χ4n) is 3.67. The number of hydrogen-bond donors (Lipinski definition) is 1. The normalized spacial score (nSPS) is 12.9. The number of hydrogen-bond acceptors (Lipinski definition) is 4. The van der Waals surface area contributed by atoms with Crippen LogP contribution in [0.2, 0.25) is 5.02 Å². The molecule has 1 aliphatic heterocycles. The maximum absolute atomic E-state index is 12.8. The van der Waals surface area contributed by atoms with E-state index in [4.69, 9.17) is 11.6 Å². The molecule has 1 aliphatic rings. The Bertz CT molecular complexity index is 1360. The van der Waals surface area contributed by atoms with Crippen LogP contribution < -0.4 is 10.2 Å². The van der Waals surface area contributed by atoms with Crippen LogP contribution in [0.4, 0.5) is 11.4 Å². The van der Waals surface area contributed by atoms with E-state index in [9.17, 15) is 14.4 Å². The zero-order valence-electron chi connectivity index (χ0n) is 16.0. The van der Waals surface area contributed by atoms with E-state index in [1.807, 2.05) is 12.1 Å². The van der Waals surface area contributed by atoms with Crippen molar-refractivity contribution in [2.45, 2.75) is 0 Å². The van der Waals surface area contributed by atoms with Crippen molar-refractivity contribution >= 4 is 51.6 Å². The Hall–Kier alpha value is -4.03. The molecular weight excluding hydrogens is 414 g/mol. The van der Waals surface area contributed by atoms with E-state index in [-0.39, 0.29) is 16.6 Å². The van der Waals surface area contributed by atoms with Gasteiger partial charge in [0.25, 0.3) is 17.7 Å². The molecule has 3 aromatic carbocycles. The van der Waals surface area contributed by atoms with Gasteiger partial charge in [-0.2, -0.15) is 0 Å². The molecule has 7 heteroatoms. The Kier molecular flexibility index (Phi) is 4.49. The lowest BCUT2D eigenvalue weighted by atomic mass is 10.1. The first-order valence-corrected chi connectivity index (χ1v) is 9.85. The monoisotopic (exact) mass is 427 g/mol. The first kappa shape index (κ1) is 19.0. The van der Waals surface area contributed by atoms with Crippen molar-refractivity contribution in [3.05, 3.63) is 101 Å². The number of rotatable bonds is 3. The van der Waals surface area contributed by atoms with Crippen LogP contribution in [0.1, 0.15) is 31.1 Å². The van der Waals surface area contributed by atoms with E-state index in [0.29, 0.717) is 27.9 Å². The summed E-state index contributed by atoms with van der Waals surface area (Å²) < 4.78 is 0. The average molecular weight is 428 g/mol. The summed E-state index contributed by atoms with van der Waals surface area (Å²) in [5.41, 5.74) is 2.58. The van der Waals surface area contributed by atoms with Gasteiger partial charge in [-0.3, -0.25) is 19.4 Å². The molecule has 1 aromatic heterocycles. The van der Waals surface area contributed by atoms with E-state index < -0.39 is 11.8 Å². The molecule has 6 nitrogen and oxygen atoms in total. The quantitative estimate of drug-likeness (QED) is 0.469. The van der Waals surface area contributed by atoms with Crippen LogP contribution >= 0.6 is 11.6 Å². The highest BCUT2D eigenvalue weighted by Crippen LogP contribution is 2.35. The van der Waals surface area contributed by atoms with Gasteiger partial charge >= 0.3 is 0 Å². The summed E-state index contributed by atoms with van der Waals surface area (Å²) >= 11 is 6.40. The Morgan fingerprint density at radius 3 is 2.32 bits per heavy atom. The van der Waals surface area contributed by atoms with Crippen molar-refractivity contribution in [2.75, 3.05) is 10.2 Å². The molecule has 0 saturated carbocycles. The molecule has 0 bridgehead atoms. The summed E-state index contributed by atoms with van der Waals surface area (Å²) in [5.74, 6) is -1.17. The predicted octanol–water partition coefficient (Wildman–Crippen LogP) is 4.94. The highest BCUT2D eigenvalue weighted by atomic mass is 35.5. The number of carbonyl (C=O) groups excluding carboxylic acids is 3. The zero-order valence-corrected chi connectivity index (χ0v) is 16.8. The number of pyridine rings is 1. The molecule has 0 radical (unpaired) electrons. The van der Waals surface area contributed by atoms with Gasteiger partial charge in [-0.15, -0.1) is 0 Å². The second-order valence-corrected chi connectivity index (χ2v) is 7.39. The lowest BCUT2D eigenvalue weighted by molar-refractivity contribution is 0.0924. The molecule has 2 heterocycles. The third kappa shape index (κ3) is 3.14. The fraction of sp³-hybridized carbons (Fsp3) is 0. The summed E-state index contributed by atoms with van der Waals surface area (Å²) in [6.45, 7) is 0. The Labute approximate surface area is 182 Å². The van der Waals surface area contributed by atoms with E-state index in [1.54, 1.807) is 60.8 Å². The molecular formula is C24H14ClN3O3. The summed E-state index contributed by atoms with van der Waals surface area (Å²) in [5, 5.41) is 3.71. The maximum Gasteiger partial charge on any atom is 0.266 e. The van der Waals surface area contributed by atoms with Crippen molar-refractivity contribution in [1.82, 2.24) is 4.98 Å². The highest BCUT2D eigenvalue weighted by Gasteiger charge is 2.37. The van der Waals surface area contributed by atoms with E-state index in [0.717, 1.165) is 10.3 Å². The van der Waals surface area contributed by atoms with Crippen LogP contribution in [0.25, 0.3) is 10.9 Å². The number of amides is 3. The summed E-state index contributed by atoms with van der Waals surface area (Å²) in [4.78, 5) is 43.6. The number of anilines is 2. The van der Waals surface area contributed by atoms with Gasteiger partial charge in [-0.1, -0.05) is 35.9 Å². The smallest absolute Gasteiger partial charge is 0.266 e. The molecule has 1 N–H and O–H groups in total. The van der Waals surface area contributed by atoms with Crippen LogP contribution in [-0.2, 0) is 0 Å². The molecule has 0 aliphatic carbocycles. The molecule has 150 valence electrons. The van der Waals surface area contributed by atoms with Gasteiger partial charge in [-0.05, 0) is 48.5 Å². The molecule has 31 heavy (non-hydrogen) atoms. The minimum Gasteiger partial charge on any atom is -0.322 e. The van der Waals surface area contributed by atoms with Crippen molar-refractivity contribution < 1.29 is 14.4 Å². The van der Waals surface area contributed by atoms with E-state index in [1.165, 1.54) is 6.07 Å². The number of aromatic nitrogens is 1. The van der Waals surface area contributed by atoms with Crippen molar-refractivity contribution in [2.24, 2.45) is 0 Å². The van der Waals surface area contributed by atoms with Gasteiger partial charge in [0.15, 0.2) is 0 Å². The molecule has 0 saturated heterocycles. The van der Waals surface area contributed by atoms with Crippen LogP contribution in [0.5, 0.6) is 0 Å². The number of benzene rings is 3.